The van der Waals surface area contributed by atoms with Gasteiger partial charge in [0.25, 0.3) is 0 Å². The predicted molar refractivity (Wildman–Crippen MR) is 73.4 cm³/mol. The van der Waals surface area contributed by atoms with E-state index in [4.69, 9.17) is 0 Å². The molecule has 106 valence electrons. The molecule has 0 radical (unpaired) electrons. The van der Waals surface area contributed by atoms with Crippen molar-refractivity contribution in [3.05, 3.63) is 0 Å². The van der Waals surface area contributed by atoms with Gasteiger partial charge in [-0.25, -0.2) is 0 Å². The van der Waals surface area contributed by atoms with Gasteiger partial charge in [-0.15, -0.1) is 0 Å². The molecule has 0 bridgehead atoms. The molecule has 1 aliphatic heterocycles. The van der Waals surface area contributed by atoms with Gasteiger partial charge in [-0.05, 0) is 42.9 Å². The summed E-state index contributed by atoms with van der Waals surface area (Å²) in [5.41, 5.74) is 0.380. The third-order valence-corrected chi connectivity index (χ3v) is 4.91. The molecule has 4 atom stereocenters. The molecule has 2 fully saturated rings. The van der Waals surface area contributed by atoms with Crippen molar-refractivity contribution in [2.45, 2.75) is 58.7 Å². The number of piperidine rings is 1. The molecular formula is C15H29NO2. The molecule has 2 N–H and O–H groups in total. The minimum absolute atomic E-state index is 0.125. The lowest BCUT2D eigenvalue weighted by Crippen LogP contribution is -2.47. The van der Waals surface area contributed by atoms with Gasteiger partial charge in [0.2, 0.25) is 0 Å². The molecule has 2 rings (SSSR count). The average Bonchev–Trinajstić information content (AvgIpc) is 2.28. The normalized spacial score (nSPS) is 41.8. The first kappa shape index (κ1) is 14.3. The van der Waals surface area contributed by atoms with E-state index >= 15 is 0 Å². The molecule has 1 aliphatic carbocycles. The van der Waals surface area contributed by atoms with Gasteiger partial charge in [0, 0.05) is 19.6 Å². The van der Waals surface area contributed by atoms with E-state index in [2.05, 4.69) is 25.7 Å². The number of hydrogen-bond acceptors (Lipinski definition) is 3. The van der Waals surface area contributed by atoms with Crippen LogP contribution in [0.3, 0.4) is 0 Å². The van der Waals surface area contributed by atoms with Crippen LogP contribution in [0.15, 0.2) is 0 Å². The summed E-state index contributed by atoms with van der Waals surface area (Å²) in [7, 11) is 0. The third-order valence-electron chi connectivity index (χ3n) is 4.91. The maximum atomic E-state index is 10.2. The smallest absolute Gasteiger partial charge is 0.0590 e. The van der Waals surface area contributed by atoms with Gasteiger partial charge in [-0.2, -0.15) is 0 Å². The van der Waals surface area contributed by atoms with E-state index in [1.807, 2.05) is 0 Å². The van der Waals surface area contributed by atoms with E-state index in [1.165, 1.54) is 0 Å². The van der Waals surface area contributed by atoms with Crippen molar-refractivity contribution in [2.75, 3.05) is 19.6 Å². The Labute approximate surface area is 111 Å². The minimum Gasteiger partial charge on any atom is -0.393 e. The standard InChI is InChI=1S/C15H29NO2/c1-11-9-16(7-5-13(11)17)10-12-8-15(2,3)6-4-14(12)18/h11-14,17-18H,4-10H2,1-3H3. The Morgan fingerprint density at radius 1 is 1.17 bits per heavy atom. The maximum Gasteiger partial charge on any atom is 0.0590 e. The van der Waals surface area contributed by atoms with Gasteiger partial charge >= 0.3 is 0 Å². The first-order valence-electron chi connectivity index (χ1n) is 7.46. The lowest BCUT2D eigenvalue weighted by Gasteiger charge is -2.42. The summed E-state index contributed by atoms with van der Waals surface area (Å²) >= 11 is 0. The fourth-order valence-electron chi connectivity index (χ4n) is 3.63. The van der Waals surface area contributed by atoms with Crippen LogP contribution in [0.25, 0.3) is 0 Å². The lowest BCUT2D eigenvalue weighted by molar-refractivity contribution is -0.0187. The molecule has 0 spiro atoms. The van der Waals surface area contributed by atoms with Crippen LogP contribution >= 0.6 is 0 Å². The number of likely N-dealkylation sites (tertiary alicyclic amines) is 1. The van der Waals surface area contributed by atoms with Gasteiger partial charge in [0.15, 0.2) is 0 Å². The topological polar surface area (TPSA) is 43.7 Å². The molecular weight excluding hydrogens is 226 g/mol. The number of aliphatic hydroxyl groups is 2. The van der Waals surface area contributed by atoms with E-state index in [-0.39, 0.29) is 12.2 Å². The van der Waals surface area contributed by atoms with Gasteiger partial charge in [0.05, 0.1) is 12.2 Å². The van der Waals surface area contributed by atoms with Gasteiger partial charge in [0.1, 0.15) is 0 Å². The van der Waals surface area contributed by atoms with Crippen molar-refractivity contribution in [2.24, 2.45) is 17.3 Å². The molecule has 1 saturated carbocycles. The summed E-state index contributed by atoms with van der Waals surface area (Å²) in [5, 5.41) is 19.9. The summed E-state index contributed by atoms with van der Waals surface area (Å²) < 4.78 is 0. The third kappa shape index (κ3) is 3.46. The van der Waals surface area contributed by atoms with E-state index in [9.17, 15) is 10.2 Å². The minimum atomic E-state index is -0.131. The Morgan fingerprint density at radius 3 is 2.56 bits per heavy atom. The SMILES string of the molecule is CC1CN(CC2CC(C)(C)CCC2O)CCC1O. The van der Waals surface area contributed by atoms with Crippen molar-refractivity contribution < 1.29 is 10.2 Å². The van der Waals surface area contributed by atoms with Gasteiger partial charge in [-0.1, -0.05) is 20.8 Å². The van der Waals surface area contributed by atoms with Crippen LogP contribution in [0.5, 0.6) is 0 Å². The summed E-state index contributed by atoms with van der Waals surface area (Å²) in [5.74, 6) is 0.781. The second kappa shape index (κ2) is 5.48. The van der Waals surface area contributed by atoms with Crippen LogP contribution in [0.1, 0.15) is 46.5 Å². The van der Waals surface area contributed by atoms with Crippen LogP contribution in [0.2, 0.25) is 0 Å². The van der Waals surface area contributed by atoms with E-state index in [1.54, 1.807) is 0 Å². The first-order chi connectivity index (χ1) is 8.37. The largest absolute Gasteiger partial charge is 0.393 e. The van der Waals surface area contributed by atoms with Crippen LogP contribution in [0.4, 0.5) is 0 Å². The predicted octanol–water partition coefficient (Wildman–Crippen LogP) is 1.88. The Hall–Kier alpha value is -0.120. The second-order valence-corrected chi connectivity index (χ2v) is 7.33. The number of hydrogen-bond donors (Lipinski definition) is 2. The van der Waals surface area contributed by atoms with Crippen molar-refractivity contribution in [1.82, 2.24) is 4.90 Å². The van der Waals surface area contributed by atoms with Crippen LogP contribution in [0, 0.1) is 17.3 Å². The molecule has 4 unspecified atom stereocenters. The summed E-state index contributed by atoms with van der Waals surface area (Å²) in [4.78, 5) is 2.44. The molecule has 0 aromatic heterocycles. The summed E-state index contributed by atoms with van der Waals surface area (Å²) in [6.45, 7) is 9.71. The first-order valence-corrected chi connectivity index (χ1v) is 7.46. The number of nitrogens with zero attached hydrogens (tertiary/aromatic N) is 1. The molecule has 1 saturated heterocycles. The highest BCUT2D eigenvalue weighted by molar-refractivity contribution is 4.88. The van der Waals surface area contributed by atoms with Crippen molar-refractivity contribution >= 4 is 0 Å². The molecule has 0 amide bonds. The molecule has 1 heterocycles. The maximum absolute atomic E-state index is 10.2. The Balaban J connectivity index is 1.88. The van der Waals surface area contributed by atoms with Gasteiger partial charge in [-0.3, -0.25) is 0 Å². The second-order valence-electron chi connectivity index (χ2n) is 7.33. The van der Waals surface area contributed by atoms with E-state index in [0.29, 0.717) is 17.3 Å². The zero-order valence-corrected chi connectivity index (χ0v) is 12.1. The van der Waals surface area contributed by atoms with Crippen molar-refractivity contribution in [3.63, 3.8) is 0 Å². The zero-order valence-electron chi connectivity index (χ0n) is 12.1. The Bertz CT molecular complexity index is 280. The average molecular weight is 255 g/mol. The molecule has 18 heavy (non-hydrogen) atoms. The molecule has 0 aromatic rings. The Kier molecular flexibility index (Phi) is 4.35. The van der Waals surface area contributed by atoms with E-state index in [0.717, 1.165) is 45.3 Å². The van der Waals surface area contributed by atoms with Crippen molar-refractivity contribution in [3.8, 4) is 0 Å². The molecule has 3 nitrogen and oxygen atoms in total. The summed E-state index contributed by atoms with van der Waals surface area (Å²) in [6, 6.07) is 0. The lowest BCUT2D eigenvalue weighted by atomic mass is 9.70. The fourth-order valence-corrected chi connectivity index (χ4v) is 3.63. The molecule has 2 aliphatic rings. The highest BCUT2D eigenvalue weighted by atomic mass is 16.3. The highest BCUT2D eigenvalue weighted by Gasteiger charge is 2.35. The fraction of sp³-hybridized carbons (Fsp3) is 1.00. The van der Waals surface area contributed by atoms with E-state index < -0.39 is 0 Å². The number of rotatable bonds is 2. The molecule has 0 aromatic carbocycles. The van der Waals surface area contributed by atoms with Crippen LogP contribution in [-0.4, -0.2) is 47.0 Å². The Morgan fingerprint density at radius 2 is 1.89 bits per heavy atom. The van der Waals surface area contributed by atoms with Crippen LogP contribution < -0.4 is 0 Å². The quantitative estimate of drug-likeness (QED) is 0.792. The molecule has 3 heteroatoms. The van der Waals surface area contributed by atoms with Crippen molar-refractivity contribution in [1.29, 1.82) is 0 Å². The zero-order chi connectivity index (χ0) is 13.3. The highest BCUT2D eigenvalue weighted by Crippen LogP contribution is 2.39. The number of aliphatic hydroxyl groups excluding tert-OH is 2. The summed E-state index contributed by atoms with van der Waals surface area (Å²) in [6.07, 6.45) is 3.84. The van der Waals surface area contributed by atoms with Gasteiger partial charge < -0.3 is 15.1 Å². The monoisotopic (exact) mass is 255 g/mol. The van der Waals surface area contributed by atoms with Crippen LogP contribution in [-0.2, 0) is 0 Å².